The highest BCUT2D eigenvalue weighted by molar-refractivity contribution is 7.28. The van der Waals surface area contributed by atoms with E-state index in [-0.39, 0.29) is 11.8 Å². The molecule has 4 aromatic rings. The summed E-state index contributed by atoms with van der Waals surface area (Å²) in [4.78, 5) is 16.0. The number of aliphatic hydroxyl groups excluding tert-OH is 1. The number of fused-ring (bicyclic) bond motifs is 2. The predicted octanol–water partition coefficient (Wildman–Crippen LogP) is 3.67. The van der Waals surface area contributed by atoms with Crippen LogP contribution in [0.1, 0.15) is 12.8 Å². The number of benzene rings is 2. The minimum absolute atomic E-state index is 0.129. The highest BCUT2D eigenvalue weighted by atomic mass is 35.5. The molecule has 0 radical (unpaired) electrons. The third kappa shape index (κ3) is 3.60. The van der Waals surface area contributed by atoms with E-state index in [1.165, 1.54) is 7.11 Å². The molecule has 0 bridgehead atoms. The number of phenolic OH excluding ortho intramolecular Hbond substituents is 1. The molecule has 2 aromatic carbocycles. The van der Waals surface area contributed by atoms with Gasteiger partial charge in [-0.15, -0.1) is 9.24 Å². The fraction of sp³-hybridized carbons (Fsp3) is 0.261. The Morgan fingerprint density at radius 3 is 2.88 bits per heavy atom. The Bertz CT molecular complexity index is 1350. The lowest BCUT2D eigenvalue weighted by Crippen LogP contribution is -2.39. The van der Waals surface area contributed by atoms with E-state index in [4.69, 9.17) is 21.3 Å². The van der Waals surface area contributed by atoms with Crippen LogP contribution >= 0.6 is 20.8 Å². The lowest BCUT2D eigenvalue weighted by Gasteiger charge is -2.31. The lowest BCUT2D eigenvalue weighted by molar-refractivity contribution is 0.154. The number of hydrogen-bond donors (Lipinski definition) is 2. The van der Waals surface area contributed by atoms with Crippen molar-refractivity contribution in [3.05, 3.63) is 41.6 Å². The number of phenols is 1. The third-order valence-electron chi connectivity index (χ3n) is 5.78. The van der Waals surface area contributed by atoms with Gasteiger partial charge in [0.2, 0.25) is 0 Å². The molecule has 2 aromatic heterocycles. The van der Waals surface area contributed by atoms with E-state index in [1.807, 2.05) is 23.1 Å². The Balaban J connectivity index is 1.76. The molecular weight excluding hydrogens is 447 g/mol. The number of aliphatic hydroxyl groups is 1. The van der Waals surface area contributed by atoms with E-state index in [9.17, 15) is 10.2 Å². The van der Waals surface area contributed by atoms with Crippen LogP contribution in [-0.4, -0.2) is 51.5 Å². The maximum Gasteiger partial charge on any atom is 0.318 e. The van der Waals surface area contributed by atoms with Gasteiger partial charge in [0.1, 0.15) is 11.6 Å². The van der Waals surface area contributed by atoms with Gasteiger partial charge in [-0.1, -0.05) is 23.7 Å². The first-order valence-corrected chi connectivity index (χ1v) is 11.3. The quantitative estimate of drug-likeness (QED) is 0.443. The molecule has 1 aliphatic heterocycles. The van der Waals surface area contributed by atoms with E-state index >= 15 is 0 Å². The topological polar surface area (TPSA) is 91.6 Å². The maximum atomic E-state index is 10.3. The van der Waals surface area contributed by atoms with E-state index in [2.05, 4.69) is 19.2 Å². The van der Waals surface area contributed by atoms with Crippen LogP contribution in [0, 0.1) is 0 Å². The van der Waals surface area contributed by atoms with Gasteiger partial charge < -0.3 is 19.8 Å². The van der Waals surface area contributed by atoms with Crippen LogP contribution in [0.4, 0.5) is 5.82 Å². The Morgan fingerprint density at radius 2 is 2.09 bits per heavy atom. The van der Waals surface area contributed by atoms with Crippen molar-refractivity contribution >= 4 is 53.6 Å². The molecule has 0 amide bonds. The van der Waals surface area contributed by atoms with Crippen molar-refractivity contribution in [2.45, 2.75) is 18.9 Å². The molecule has 7 nitrogen and oxygen atoms in total. The average molecular weight is 469 g/mol. The molecule has 164 valence electrons. The van der Waals surface area contributed by atoms with Gasteiger partial charge in [0.25, 0.3) is 0 Å². The summed E-state index contributed by atoms with van der Waals surface area (Å²) in [5, 5.41) is 24.2. The van der Waals surface area contributed by atoms with E-state index in [1.54, 1.807) is 18.3 Å². The SMILES string of the molecule is COc1nc(N2CCCC(O)C2)c2cnc(-c3cc(O)cc4cccc(Cl)c34)c(P)c2n1. The molecule has 0 spiro atoms. The van der Waals surface area contributed by atoms with Crippen LogP contribution in [0.2, 0.25) is 5.02 Å². The van der Waals surface area contributed by atoms with Crippen molar-refractivity contribution in [3.8, 4) is 23.0 Å². The smallest absolute Gasteiger partial charge is 0.318 e. The number of methoxy groups -OCH3 is 1. The van der Waals surface area contributed by atoms with Gasteiger partial charge in [-0.3, -0.25) is 4.98 Å². The Kier molecular flexibility index (Phi) is 5.49. The van der Waals surface area contributed by atoms with E-state index < -0.39 is 6.10 Å². The van der Waals surface area contributed by atoms with Crippen LogP contribution in [-0.2, 0) is 0 Å². The average Bonchev–Trinajstić information content (AvgIpc) is 2.78. The molecule has 2 atom stereocenters. The second-order valence-corrected chi connectivity index (χ2v) is 8.87. The highest BCUT2D eigenvalue weighted by Gasteiger charge is 2.24. The number of rotatable bonds is 3. The van der Waals surface area contributed by atoms with Gasteiger partial charge in [-0.2, -0.15) is 9.97 Å². The Morgan fingerprint density at radius 1 is 1.25 bits per heavy atom. The Labute approximate surface area is 192 Å². The summed E-state index contributed by atoms with van der Waals surface area (Å²) in [6.07, 6.45) is 2.99. The third-order valence-corrected chi connectivity index (χ3v) is 6.64. The fourth-order valence-electron chi connectivity index (χ4n) is 4.32. The van der Waals surface area contributed by atoms with Gasteiger partial charge in [0.15, 0.2) is 0 Å². The molecule has 2 N–H and O–H groups in total. The number of pyridine rings is 1. The molecule has 1 fully saturated rings. The summed E-state index contributed by atoms with van der Waals surface area (Å²) < 4.78 is 5.39. The normalized spacial score (nSPS) is 16.6. The monoisotopic (exact) mass is 468 g/mol. The van der Waals surface area contributed by atoms with Crippen molar-refractivity contribution < 1.29 is 14.9 Å². The summed E-state index contributed by atoms with van der Waals surface area (Å²) in [6.45, 7) is 1.28. The first-order valence-electron chi connectivity index (χ1n) is 10.3. The number of ether oxygens (including phenoxy) is 1. The summed E-state index contributed by atoms with van der Waals surface area (Å²) >= 11 is 6.53. The summed E-state index contributed by atoms with van der Waals surface area (Å²) in [5.41, 5.74) is 2.03. The van der Waals surface area contributed by atoms with E-state index in [0.29, 0.717) is 34.2 Å². The van der Waals surface area contributed by atoms with Crippen molar-refractivity contribution in [1.29, 1.82) is 0 Å². The molecule has 9 heteroatoms. The van der Waals surface area contributed by atoms with Crippen molar-refractivity contribution in [3.63, 3.8) is 0 Å². The van der Waals surface area contributed by atoms with Crippen LogP contribution < -0.4 is 14.9 Å². The number of β-amino-alcohol motifs (C(OH)–C–C–N with tert-alkyl or cyclic N) is 1. The van der Waals surface area contributed by atoms with Crippen molar-refractivity contribution in [2.24, 2.45) is 0 Å². The summed E-state index contributed by atoms with van der Waals surface area (Å²) in [5.74, 6) is 0.816. The van der Waals surface area contributed by atoms with Crippen LogP contribution in [0.15, 0.2) is 36.5 Å². The zero-order valence-corrected chi connectivity index (χ0v) is 19.3. The van der Waals surface area contributed by atoms with Gasteiger partial charge >= 0.3 is 6.01 Å². The summed E-state index contributed by atoms with van der Waals surface area (Å²) in [6, 6.07) is 9.15. The molecule has 5 rings (SSSR count). The van der Waals surface area contributed by atoms with Gasteiger partial charge in [0.05, 0.1) is 29.8 Å². The van der Waals surface area contributed by atoms with Crippen LogP contribution in [0.25, 0.3) is 32.9 Å². The minimum Gasteiger partial charge on any atom is -0.508 e. The van der Waals surface area contributed by atoms with Gasteiger partial charge in [-0.05, 0) is 36.4 Å². The largest absolute Gasteiger partial charge is 0.508 e. The van der Waals surface area contributed by atoms with Crippen LogP contribution in [0.3, 0.4) is 0 Å². The number of aromatic hydroxyl groups is 1. The van der Waals surface area contributed by atoms with Crippen LogP contribution in [0.5, 0.6) is 11.8 Å². The first-order chi connectivity index (χ1) is 15.5. The van der Waals surface area contributed by atoms with Crippen molar-refractivity contribution in [1.82, 2.24) is 15.0 Å². The Hall–Kier alpha value is -2.73. The number of aromatic nitrogens is 3. The summed E-state index contributed by atoms with van der Waals surface area (Å²) in [7, 11) is 4.25. The van der Waals surface area contributed by atoms with Gasteiger partial charge in [0, 0.05) is 40.6 Å². The molecular formula is C23H22ClN4O3P. The first kappa shape index (κ1) is 21.1. The molecule has 1 aliphatic rings. The zero-order chi connectivity index (χ0) is 22.4. The molecule has 3 heterocycles. The maximum absolute atomic E-state index is 10.3. The van der Waals surface area contributed by atoms with Crippen molar-refractivity contribution in [2.75, 3.05) is 25.1 Å². The number of piperidine rings is 1. The number of anilines is 1. The highest BCUT2D eigenvalue weighted by Crippen LogP contribution is 2.37. The lowest BCUT2D eigenvalue weighted by atomic mass is 10.0. The number of halogens is 1. The molecule has 1 saturated heterocycles. The number of hydrogen-bond acceptors (Lipinski definition) is 7. The molecule has 0 aliphatic carbocycles. The minimum atomic E-state index is -0.400. The second-order valence-electron chi connectivity index (χ2n) is 7.89. The fourth-order valence-corrected chi connectivity index (χ4v) is 5.05. The molecule has 2 unspecified atom stereocenters. The molecule has 32 heavy (non-hydrogen) atoms. The molecule has 0 saturated carbocycles. The second kappa shape index (κ2) is 8.32. The predicted molar refractivity (Wildman–Crippen MR) is 130 cm³/mol. The van der Waals surface area contributed by atoms with E-state index in [0.717, 1.165) is 40.8 Å². The number of nitrogens with zero attached hydrogens (tertiary/aromatic N) is 4. The van der Waals surface area contributed by atoms with Gasteiger partial charge in [-0.25, -0.2) is 0 Å². The standard InChI is InChI=1S/C23H22ClN4O3P/c1-31-23-26-20-16(22(27-23)28-7-3-5-13(29)11-28)10-25-19(21(20)32)15-9-14(30)8-12-4-2-6-17(24)18(12)15/h2,4,6,8-10,13,29-30H,3,5,7,11,32H2,1H3. The zero-order valence-electron chi connectivity index (χ0n) is 17.4.